The zero-order valence-corrected chi connectivity index (χ0v) is 11.6. The molecule has 4 heteroatoms. The first kappa shape index (κ1) is 12.8. The normalized spacial score (nSPS) is 10.5. The van der Waals surface area contributed by atoms with Crippen molar-refractivity contribution in [3.05, 3.63) is 59.9 Å². The largest absolute Gasteiger partial charge is 0.496 e. The Labute approximate surface area is 121 Å². The van der Waals surface area contributed by atoms with Crippen molar-refractivity contribution in [3.63, 3.8) is 0 Å². The number of ether oxygens (including phenoxy) is 1. The highest BCUT2D eigenvalue weighted by Crippen LogP contribution is 2.38. The number of hydrogen-bond donors (Lipinski definition) is 0. The van der Waals surface area contributed by atoms with Crippen LogP contribution < -0.4 is 4.74 Å². The molecule has 3 aromatic rings. The van der Waals surface area contributed by atoms with Crippen LogP contribution in [0.2, 0.25) is 5.35 Å². The highest BCUT2D eigenvalue weighted by Gasteiger charge is 2.18. The Hall–Kier alpha value is -2.26. The average molecular weight is 286 g/mol. The van der Waals surface area contributed by atoms with Gasteiger partial charge in [-0.15, -0.1) is 0 Å². The Morgan fingerprint density at radius 1 is 1.00 bits per heavy atom. The fraction of sp³-hybridized carbons (Fsp3) is 0.0625. The quantitative estimate of drug-likeness (QED) is 0.701. The van der Waals surface area contributed by atoms with Crippen LogP contribution in [0.5, 0.6) is 5.75 Å². The van der Waals surface area contributed by atoms with E-state index in [9.17, 15) is 0 Å². The van der Waals surface area contributed by atoms with Gasteiger partial charge in [0.25, 0.3) is 5.35 Å². The molecular formula is C16H12ClNO2. The summed E-state index contributed by atoms with van der Waals surface area (Å²) in [7, 11) is 1.63. The predicted octanol–water partition coefficient (Wildman–Crippen LogP) is 4.67. The molecule has 1 heterocycles. The van der Waals surface area contributed by atoms with Gasteiger partial charge < -0.3 is 9.15 Å². The van der Waals surface area contributed by atoms with Crippen LogP contribution in [-0.4, -0.2) is 12.1 Å². The van der Waals surface area contributed by atoms with Gasteiger partial charge in [0.2, 0.25) is 0 Å². The summed E-state index contributed by atoms with van der Waals surface area (Å²) in [5.41, 5.74) is 2.45. The smallest absolute Gasteiger partial charge is 0.293 e. The standard InChI is InChI=1S/C16H12ClNO2/c1-19-13-10-6-5-9-12(13)14-15(20-16(17)18-14)11-7-3-2-4-8-11/h2-10H,1H3. The van der Waals surface area contributed by atoms with Gasteiger partial charge in [0.05, 0.1) is 7.11 Å². The number of halogens is 1. The Balaban J connectivity index is 2.20. The molecule has 3 rings (SSSR count). The van der Waals surface area contributed by atoms with Crippen molar-refractivity contribution in [1.29, 1.82) is 0 Å². The minimum atomic E-state index is 0.116. The van der Waals surface area contributed by atoms with Crippen molar-refractivity contribution in [2.45, 2.75) is 0 Å². The van der Waals surface area contributed by atoms with Crippen LogP contribution in [0.15, 0.2) is 59.0 Å². The van der Waals surface area contributed by atoms with E-state index in [4.69, 9.17) is 20.8 Å². The number of aromatic nitrogens is 1. The topological polar surface area (TPSA) is 35.3 Å². The van der Waals surface area contributed by atoms with Crippen molar-refractivity contribution in [2.75, 3.05) is 7.11 Å². The molecule has 20 heavy (non-hydrogen) atoms. The maximum absolute atomic E-state index is 5.94. The number of nitrogens with zero attached hydrogens (tertiary/aromatic N) is 1. The number of hydrogen-bond acceptors (Lipinski definition) is 3. The molecule has 0 aliphatic heterocycles. The summed E-state index contributed by atoms with van der Waals surface area (Å²) >= 11 is 5.94. The van der Waals surface area contributed by atoms with Crippen LogP contribution in [0.4, 0.5) is 0 Å². The number of para-hydroxylation sites is 1. The zero-order valence-electron chi connectivity index (χ0n) is 10.8. The van der Waals surface area contributed by atoms with E-state index in [0.717, 1.165) is 16.9 Å². The summed E-state index contributed by atoms with van der Waals surface area (Å²) in [5, 5.41) is 0.116. The second-order valence-corrected chi connectivity index (χ2v) is 4.53. The van der Waals surface area contributed by atoms with Gasteiger partial charge in [0.15, 0.2) is 5.76 Å². The zero-order chi connectivity index (χ0) is 13.9. The lowest BCUT2D eigenvalue weighted by atomic mass is 10.1. The second kappa shape index (κ2) is 5.39. The molecule has 100 valence electrons. The van der Waals surface area contributed by atoms with E-state index in [1.807, 2.05) is 54.6 Å². The van der Waals surface area contributed by atoms with Gasteiger partial charge in [-0.1, -0.05) is 42.5 Å². The third-order valence-electron chi connectivity index (χ3n) is 3.00. The van der Waals surface area contributed by atoms with Gasteiger partial charge in [-0.05, 0) is 23.7 Å². The molecule has 0 aliphatic carbocycles. The molecule has 0 amide bonds. The molecule has 0 N–H and O–H groups in total. The molecule has 0 spiro atoms. The van der Waals surface area contributed by atoms with Crippen molar-refractivity contribution >= 4 is 11.6 Å². The molecule has 0 saturated heterocycles. The number of oxazole rings is 1. The molecule has 0 saturated carbocycles. The van der Waals surface area contributed by atoms with Crippen LogP contribution in [0.3, 0.4) is 0 Å². The molecular weight excluding hydrogens is 274 g/mol. The van der Waals surface area contributed by atoms with Gasteiger partial charge in [-0.25, -0.2) is 0 Å². The van der Waals surface area contributed by atoms with Gasteiger partial charge in [-0.3, -0.25) is 0 Å². The Kier molecular flexibility index (Phi) is 3.44. The molecule has 0 atom stereocenters. The first-order valence-electron chi connectivity index (χ1n) is 6.14. The minimum Gasteiger partial charge on any atom is -0.496 e. The van der Waals surface area contributed by atoms with Gasteiger partial charge in [-0.2, -0.15) is 4.98 Å². The van der Waals surface area contributed by atoms with Gasteiger partial charge in [0, 0.05) is 11.1 Å². The number of methoxy groups -OCH3 is 1. The predicted molar refractivity (Wildman–Crippen MR) is 78.9 cm³/mol. The van der Waals surface area contributed by atoms with Crippen LogP contribution in [0, 0.1) is 0 Å². The van der Waals surface area contributed by atoms with E-state index in [1.54, 1.807) is 7.11 Å². The molecule has 0 unspecified atom stereocenters. The first-order chi connectivity index (χ1) is 9.79. The molecule has 2 aromatic carbocycles. The highest BCUT2D eigenvalue weighted by molar-refractivity contribution is 6.28. The maximum atomic E-state index is 5.94. The third kappa shape index (κ3) is 2.28. The summed E-state index contributed by atoms with van der Waals surface area (Å²) in [6, 6.07) is 17.4. The summed E-state index contributed by atoms with van der Waals surface area (Å²) in [6.07, 6.45) is 0. The molecule has 1 aromatic heterocycles. The summed E-state index contributed by atoms with van der Waals surface area (Å²) in [6.45, 7) is 0. The van der Waals surface area contributed by atoms with E-state index in [-0.39, 0.29) is 5.35 Å². The highest BCUT2D eigenvalue weighted by atomic mass is 35.5. The summed E-state index contributed by atoms with van der Waals surface area (Å²) in [4.78, 5) is 4.28. The number of benzene rings is 2. The Morgan fingerprint density at radius 2 is 1.70 bits per heavy atom. The van der Waals surface area contributed by atoms with E-state index < -0.39 is 0 Å². The third-order valence-corrected chi connectivity index (χ3v) is 3.16. The number of rotatable bonds is 3. The van der Waals surface area contributed by atoms with E-state index in [0.29, 0.717) is 11.5 Å². The second-order valence-electron chi connectivity index (χ2n) is 4.21. The maximum Gasteiger partial charge on any atom is 0.293 e. The van der Waals surface area contributed by atoms with E-state index >= 15 is 0 Å². The minimum absolute atomic E-state index is 0.116. The molecule has 3 nitrogen and oxygen atoms in total. The lowest BCUT2D eigenvalue weighted by Gasteiger charge is -2.06. The first-order valence-corrected chi connectivity index (χ1v) is 6.52. The molecule has 0 aliphatic rings. The Bertz CT molecular complexity index is 722. The lowest BCUT2D eigenvalue weighted by Crippen LogP contribution is -1.89. The van der Waals surface area contributed by atoms with Crippen molar-refractivity contribution in [1.82, 2.24) is 4.98 Å². The monoisotopic (exact) mass is 285 g/mol. The fourth-order valence-electron chi connectivity index (χ4n) is 2.10. The van der Waals surface area contributed by atoms with Crippen LogP contribution in [0.25, 0.3) is 22.6 Å². The Morgan fingerprint density at radius 3 is 2.45 bits per heavy atom. The molecule has 0 fully saturated rings. The average Bonchev–Trinajstić information content (AvgIpc) is 2.90. The van der Waals surface area contributed by atoms with Crippen molar-refractivity contribution in [2.24, 2.45) is 0 Å². The van der Waals surface area contributed by atoms with E-state index in [1.165, 1.54) is 0 Å². The fourth-order valence-corrected chi connectivity index (χ4v) is 2.26. The molecule has 0 bridgehead atoms. The summed E-state index contributed by atoms with van der Waals surface area (Å²) in [5.74, 6) is 1.37. The van der Waals surface area contributed by atoms with E-state index in [2.05, 4.69) is 4.98 Å². The SMILES string of the molecule is COc1ccccc1-c1nc(Cl)oc1-c1ccccc1. The molecule has 0 radical (unpaired) electrons. The van der Waals surface area contributed by atoms with Crippen molar-refractivity contribution in [3.8, 4) is 28.3 Å². The van der Waals surface area contributed by atoms with Crippen molar-refractivity contribution < 1.29 is 9.15 Å². The van der Waals surface area contributed by atoms with Gasteiger partial charge >= 0.3 is 0 Å². The van der Waals surface area contributed by atoms with Crippen LogP contribution >= 0.6 is 11.6 Å². The van der Waals surface area contributed by atoms with Gasteiger partial charge in [0.1, 0.15) is 11.4 Å². The van der Waals surface area contributed by atoms with Crippen LogP contribution in [-0.2, 0) is 0 Å². The lowest BCUT2D eigenvalue weighted by molar-refractivity contribution is 0.416. The summed E-state index contributed by atoms with van der Waals surface area (Å²) < 4.78 is 10.9. The van der Waals surface area contributed by atoms with Crippen LogP contribution in [0.1, 0.15) is 0 Å².